The number of carbonyl (C=O) groups is 2. The Kier molecular flexibility index (Phi) is 3.09. The Hall–Kier alpha value is -1.90. The van der Waals surface area contributed by atoms with Crippen LogP contribution in [0.4, 0.5) is 0 Å². The molecular weight excluding hydrogens is 214 g/mol. The van der Waals surface area contributed by atoms with Crippen molar-refractivity contribution in [3.8, 4) is 0 Å². The van der Waals surface area contributed by atoms with Gasteiger partial charge in [-0.2, -0.15) is 0 Å². The summed E-state index contributed by atoms with van der Waals surface area (Å²) < 4.78 is 0. The molecule has 3 nitrogen and oxygen atoms in total. The van der Waals surface area contributed by atoms with Gasteiger partial charge >= 0.3 is 0 Å². The molecule has 0 fully saturated rings. The summed E-state index contributed by atoms with van der Waals surface area (Å²) >= 11 is 0. The van der Waals surface area contributed by atoms with Crippen LogP contribution in [0.3, 0.4) is 0 Å². The van der Waals surface area contributed by atoms with Gasteiger partial charge in [-0.25, -0.2) is 0 Å². The topological polar surface area (TPSA) is 37.4 Å². The van der Waals surface area contributed by atoms with Crippen molar-refractivity contribution in [3.63, 3.8) is 0 Å². The Morgan fingerprint density at radius 2 is 1.88 bits per heavy atom. The first-order chi connectivity index (χ1) is 8.15. The molecule has 1 aliphatic heterocycles. The summed E-state index contributed by atoms with van der Waals surface area (Å²) in [5, 5.41) is 0. The third-order valence-corrected chi connectivity index (χ3v) is 2.74. The molecule has 0 atom stereocenters. The van der Waals surface area contributed by atoms with E-state index in [2.05, 4.69) is 13.8 Å². The first kappa shape index (κ1) is 11.6. The molecule has 0 unspecified atom stereocenters. The van der Waals surface area contributed by atoms with Gasteiger partial charge in [-0.1, -0.05) is 32.0 Å². The van der Waals surface area contributed by atoms with Crippen LogP contribution < -0.4 is 0 Å². The molecule has 17 heavy (non-hydrogen) atoms. The smallest absolute Gasteiger partial charge is 0.258 e. The Bertz CT molecular complexity index is 489. The summed E-state index contributed by atoms with van der Waals surface area (Å²) in [4.78, 5) is 24.6. The van der Waals surface area contributed by atoms with Crippen molar-refractivity contribution in [1.29, 1.82) is 0 Å². The number of hydrogen-bond acceptors (Lipinski definition) is 2. The van der Waals surface area contributed by atoms with E-state index in [4.69, 9.17) is 0 Å². The van der Waals surface area contributed by atoms with Crippen LogP contribution >= 0.6 is 0 Å². The van der Waals surface area contributed by atoms with E-state index in [0.29, 0.717) is 23.7 Å². The fourth-order valence-electron chi connectivity index (χ4n) is 2.08. The predicted molar refractivity (Wildman–Crippen MR) is 66.4 cm³/mol. The summed E-state index contributed by atoms with van der Waals surface area (Å²) in [6, 6.07) is 7.40. The molecule has 1 amide bonds. The molecule has 0 saturated carbocycles. The predicted octanol–water partition coefficient (Wildman–Crippen LogP) is 2.34. The van der Waals surface area contributed by atoms with E-state index < -0.39 is 0 Å². The molecule has 1 heterocycles. The van der Waals surface area contributed by atoms with Crippen molar-refractivity contribution in [3.05, 3.63) is 41.5 Å². The Morgan fingerprint density at radius 3 is 2.47 bits per heavy atom. The molecule has 3 heteroatoms. The molecule has 1 aromatic rings. The molecule has 0 spiro atoms. The Balaban J connectivity index is 2.48. The fraction of sp³-hybridized carbons (Fsp3) is 0.286. The van der Waals surface area contributed by atoms with Crippen LogP contribution in [0.15, 0.2) is 30.3 Å². The summed E-state index contributed by atoms with van der Waals surface area (Å²) in [5.74, 6) is 0.353. The molecule has 0 aromatic heterocycles. The van der Waals surface area contributed by atoms with Crippen LogP contribution in [0.25, 0.3) is 5.70 Å². The van der Waals surface area contributed by atoms with Crippen molar-refractivity contribution in [2.75, 3.05) is 6.54 Å². The normalized spacial score (nSPS) is 16.8. The lowest BCUT2D eigenvalue weighted by atomic mass is 10.1. The number of nitrogens with zero attached hydrogens (tertiary/aromatic N) is 1. The van der Waals surface area contributed by atoms with Gasteiger partial charge in [0.05, 0.1) is 5.70 Å². The van der Waals surface area contributed by atoms with Gasteiger partial charge in [0.2, 0.25) is 0 Å². The highest BCUT2D eigenvalue weighted by molar-refractivity contribution is 6.10. The molecule has 1 aliphatic rings. The van der Waals surface area contributed by atoms with Crippen molar-refractivity contribution < 1.29 is 9.59 Å². The summed E-state index contributed by atoms with van der Waals surface area (Å²) in [7, 11) is 0. The molecule has 0 bridgehead atoms. The lowest BCUT2D eigenvalue weighted by molar-refractivity contribution is -0.104. The second-order valence-corrected chi connectivity index (χ2v) is 4.54. The number of allylic oxidation sites excluding steroid dienone is 1. The Morgan fingerprint density at radius 1 is 1.24 bits per heavy atom. The highest BCUT2D eigenvalue weighted by Gasteiger charge is 2.31. The van der Waals surface area contributed by atoms with Gasteiger partial charge < -0.3 is 4.90 Å². The van der Waals surface area contributed by atoms with Gasteiger partial charge in [0.25, 0.3) is 5.91 Å². The molecule has 0 radical (unpaired) electrons. The maximum atomic E-state index is 12.2. The summed E-state index contributed by atoms with van der Waals surface area (Å²) in [5.41, 5.74) is 2.25. The highest BCUT2D eigenvalue weighted by Crippen LogP contribution is 2.32. The number of hydrogen-bond donors (Lipinski definition) is 0. The number of amides is 1. The van der Waals surface area contributed by atoms with E-state index in [9.17, 15) is 9.59 Å². The van der Waals surface area contributed by atoms with Crippen molar-refractivity contribution in [2.45, 2.75) is 13.8 Å². The highest BCUT2D eigenvalue weighted by atomic mass is 16.2. The summed E-state index contributed by atoms with van der Waals surface area (Å²) in [6.45, 7) is 4.73. The van der Waals surface area contributed by atoms with E-state index in [1.54, 1.807) is 11.0 Å². The van der Waals surface area contributed by atoms with Crippen molar-refractivity contribution in [1.82, 2.24) is 4.90 Å². The maximum Gasteiger partial charge on any atom is 0.258 e. The van der Waals surface area contributed by atoms with Crippen molar-refractivity contribution in [2.24, 2.45) is 5.92 Å². The number of carbonyl (C=O) groups excluding carboxylic acids is 2. The van der Waals surface area contributed by atoms with Crippen LogP contribution in [0.5, 0.6) is 0 Å². The van der Waals surface area contributed by atoms with E-state index >= 15 is 0 Å². The average Bonchev–Trinajstić information content (AvgIpc) is 2.55. The minimum Gasteiger partial charge on any atom is -0.307 e. The third kappa shape index (κ3) is 2.00. The monoisotopic (exact) mass is 229 g/mol. The lowest BCUT2D eigenvalue weighted by Gasteiger charge is -2.20. The number of benzene rings is 1. The van der Waals surface area contributed by atoms with E-state index in [-0.39, 0.29) is 5.91 Å². The average molecular weight is 229 g/mol. The second-order valence-electron chi connectivity index (χ2n) is 4.54. The van der Waals surface area contributed by atoms with Gasteiger partial charge in [-0.3, -0.25) is 9.59 Å². The quantitative estimate of drug-likeness (QED) is 0.589. The largest absolute Gasteiger partial charge is 0.307 e. The molecule has 0 N–H and O–H groups in total. The minimum absolute atomic E-state index is 0.0117. The number of aldehydes is 1. The minimum atomic E-state index is -0.0117. The molecule has 2 rings (SSSR count). The van der Waals surface area contributed by atoms with Gasteiger partial charge in [-0.05, 0) is 12.0 Å². The van der Waals surface area contributed by atoms with E-state index in [1.165, 1.54) is 6.08 Å². The molecule has 0 aliphatic carbocycles. The Labute approximate surface area is 101 Å². The SMILES string of the molecule is CC(C)CN1C(=O)c2ccccc2/C1=C\C=O. The third-order valence-electron chi connectivity index (χ3n) is 2.74. The van der Waals surface area contributed by atoms with Crippen LogP contribution in [0.2, 0.25) is 0 Å². The zero-order valence-corrected chi connectivity index (χ0v) is 10.0. The molecule has 0 saturated heterocycles. The van der Waals surface area contributed by atoms with Gasteiger partial charge in [-0.15, -0.1) is 0 Å². The fourth-order valence-corrected chi connectivity index (χ4v) is 2.08. The van der Waals surface area contributed by atoms with Crippen LogP contribution in [-0.2, 0) is 4.79 Å². The van der Waals surface area contributed by atoms with Gasteiger partial charge in [0.1, 0.15) is 6.29 Å². The molecule has 88 valence electrons. The van der Waals surface area contributed by atoms with E-state index in [1.807, 2.05) is 18.2 Å². The van der Waals surface area contributed by atoms with E-state index in [0.717, 1.165) is 11.8 Å². The number of fused-ring (bicyclic) bond motifs is 1. The zero-order valence-electron chi connectivity index (χ0n) is 10.0. The summed E-state index contributed by atoms with van der Waals surface area (Å²) in [6.07, 6.45) is 2.20. The zero-order chi connectivity index (χ0) is 12.4. The molecular formula is C14H15NO2. The van der Waals surface area contributed by atoms with Crippen LogP contribution in [-0.4, -0.2) is 23.6 Å². The lowest BCUT2D eigenvalue weighted by Crippen LogP contribution is -2.27. The first-order valence-electron chi connectivity index (χ1n) is 5.72. The van der Waals surface area contributed by atoms with Crippen LogP contribution in [0.1, 0.15) is 29.8 Å². The second kappa shape index (κ2) is 4.53. The molecule has 1 aromatic carbocycles. The van der Waals surface area contributed by atoms with Gasteiger partial charge in [0.15, 0.2) is 0 Å². The van der Waals surface area contributed by atoms with Gasteiger partial charge in [0, 0.05) is 23.7 Å². The standard InChI is InChI=1S/C14H15NO2/c1-10(2)9-15-13(7-8-16)11-5-3-4-6-12(11)14(15)17/h3-8,10H,9H2,1-2H3/b13-7+. The number of rotatable bonds is 3. The van der Waals surface area contributed by atoms with Crippen molar-refractivity contribution >= 4 is 17.9 Å². The maximum absolute atomic E-state index is 12.2. The van der Waals surface area contributed by atoms with Crippen LogP contribution in [0, 0.1) is 5.92 Å². The first-order valence-corrected chi connectivity index (χ1v) is 5.72.